The second-order valence-corrected chi connectivity index (χ2v) is 7.27. The summed E-state index contributed by atoms with van der Waals surface area (Å²) in [5, 5.41) is 13.5. The zero-order valence-electron chi connectivity index (χ0n) is 17.3. The molecule has 6 nitrogen and oxygen atoms in total. The number of methoxy groups -OCH3 is 1. The van der Waals surface area contributed by atoms with Gasteiger partial charge in [0.1, 0.15) is 11.5 Å². The van der Waals surface area contributed by atoms with Gasteiger partial charge < -0.3 is 24.8 Å². The third-order valence-electron chi connectivity index (χ3n) is 5.07. The predicted molar refractivity (Wildman–Crippen MR) is 115 cm³/mol. The number of aromatic hydroxyl groups is 1. The lowest BCUT2D eigenvalue weighted by atomic mass is 10.1. The highest BCUT2D eigenvalue weighted by Crippen LogP contribution is 2.24. The van der Waals surface area contributed by atoms with E-state index in [0.29, 0.717) is 19.1 Å². The average Bonchev–Trinajstić information content (AvgIpc) is 3.21. The summed E-state index contributed by atoms with van der Waals surface area (Å²) in [5.41, 5.74) is 1.96. The van der Waals surface area contributed by atoms with Crippen LogP contribution in [0.2, 0.25) is 0 Å². The molecule has 2 aromatic carbocycles. The Morgan fingerprint density at radius 2 is 2.07 bits per heavy atom. The zero-order valence-corrected chi connectivity index (χ0v) is 17.3. The van der Waals surface area contributed by atoms with Crippen molar-refractivity contribution in [2.24, 2.45) is 10.9 Å². The smallest absolute Gasteiger partial charge is 0.194 e. The number of phenols is 1. The highest BCUT2D eigenvalue weighted by atomic mass is 16.5. The zero-order chi connectivity index (χ0) is 20.5. The number of nitrogens with one attached hydrogen (secondary N) is 1. The van der Waals surface area contributed by atoms with E-state index in [1.807, 2.05) is 24.3 Å². The summed E-state index contributed by atoms with van der Waals surface area (Å²) in [6.07, 6.45) is 1.09. The molecular formula is C23H31N3O3. The SMILES string of the molecule is CCNC(=NCc1cc(OC)ccc1O)N1CCC(COCc2ccccc2)C1. The molecule has 1 aliphatic heterocycles. The molecule has 1 aliphatic rings. The van der Waals surface area contributed by atoms with Gasteiger partial charge >= 0.3 is 0 Å². The van der Waals surface area contributed by atoms with Crippen molar-refractivity contribution in [1.82, 2.24) is 10.2 Å². The van der Waals surface area contributed by atoms with Gasteiger partial charge in [0.2, 0.25) is 0 Å². The Bertz CT molecular complexity index is 795. The largest absolute Gasteiger partial charge is 0.508 e. The molecule has 156 valence electrons. The molecule has 0 aromatic heterocycles. The van der Waals surface area contributed by atoms with E-state index in [9.17, 15) is 5.11 Å². The van der Waals surface area contributed by atoms with Crippen molar-refractivity contribution in [3.05, 3.63) is 59.7 Å². The molecule has 2 N–H and O–H groups in total. The Hall–Kier alpha value is -2.73. The van der Waals surface area contributed by atoms with Crippen LogP contribution in [-0.4, -0.2) is 49.3 Å². The van der Waals surface area contributed by atoms with Crippen molar-refractivity contribution in [2.75, 3.05) is 33.4 Å². The first-order chi connectivity index (χ1) is 14.2. The van der Waals surface area contributed by atoms with Gasteiger partial charge in [0.05, 0.1) is 26.9 Å². The molecule has 0 amide bonds. The van der Waals surface area contributed by atoms with Gasteiger partial charge in [0.15, 0.2) is 5.96 Å². The third-order valence-corrected chi connectivity index (χ3v) is 5.07. The lowest BCUT2D eigenvalue weighted by molar-refractivity contribution is 0.0906. The monoisotopic (exact) mass is 397 g/mol. The van der Waals surface area contributed by atoms with Gasteiger partial charge in [-0.15, -0.1) is 0 Å². The number of ether oxygens (including phenoxy) is 2. The van der Waals surface area contributed by atoms with Crippen LogP contribution in [-0.2, 0) is 17.9 Å². The third kappa shape index (κ3) is 6.12. The van der Waals surface area contributed by atoms with Gasteiger partial charge in [-0.05, 0) is 37.1 Å². The summed E-state index contributed by atoms with van der Waals surface area (Å²) in [7, 11) is 1.62. The Labute approximate surface area is 173 Å². The van der Waals surface area contributed by atoms with Crippen LogP contribution in [0.3, 0.4) is 0 Å². The quantitative estimate of drug-likeness (QED) is 0.528. The maximum Gasteiger partial charge on any atom is 0.194 e. The molecule has 29 heavy (non-hydrogen) atoms. The Morgan fingerprint density at radius 3 is 2.83 bits per heavy atom. The van der Waals surface area contributed by atoms with Crippen LogP contribution < -0.4 is 10.1 Å². The fraction of sp³-hybridized carbons (Fsp3) is 0.435. The van der Waals surface area contributed by atoms with Gasteiger partial charge in [-0.3, -0.25) is 0 Å². The van der Waals surface area contributed by atoms with Crippen molar-refractivity contribution in [3.63, 3.8) is 0 Å². The topological polar surface area (TPSA) is 66.3 Å². The second-order valence-electron chi connectivity index (χ2n) is 7.27. The normalized spacial score (nSPS) is 16.8. The van der Waals surface area contributed by atoms with Crippen LogP contribution in [0.1, 0.15) is 24.5 Å². The van der Waals surface area contributed by atoms with Crippen LogP contribution in [0.4, 0.5) is 0 Å². The molecule has 1 unspecified atom stereocenters. The molecule has 0 aliphatic carbocycles. The lowest BCUT2D eigenvalue weighted by Gasteiger charge is -2.22. The molecule has 0 spiro atoms. The van der Waals surface area contributed by atoms with E-state index in [2.05, 4.69) is 29.3 Å². The minimum Gasteiger partial charge on any atom is -0.508 e. The van der Waals surface area contributed by atoms with E-state index >= 15 is 0 Å². The Kier molecular flexibility index (Phi) is 7.76. The highest BCUT2D eigenvalue weighted by molar-refractivity contribution is 5.80. The maximum absolute atomic E-state index is 10.1. The van der Waals surface area contributed by atoms with Crippen LogP contribution >= 0.6 is 0 Å². The van der Waals surface area contributed by atoms with E-state index in [1.165, 1.54) is 5.56 Å². The van der Waals surface area contributed by atoms with E-state index in [1.54, 1.807) is 19.2 Å². The minimum absolute atomic E-state index is 0.235. The fourth-order valence-electron chi connectivity index (χ4n) is 3.48. The number of hydrogen-bond donors (Lipinski definition) is 2. The molecule has 1 fully saturated rings. The lowest BCUT2D eigenvalue weighted by Crippen LogP contribution is -2.40. The number of rotatable bonds is 8. The number of aliphatic imine (C=N–C) groups is 1. The number of likely N-dealkylation sites (tertiary alicyclic amines) is 1. The average molecular weight is 398 g/mol. The summed E-state index contributed by atoms with van der Waals surface area (Å²) in [6.45, 7) is 6.54. The van der Waals surface area contributed by atoms with Gasteiger partial charge in [-0.1, -0.05) is 30.3 Å². The number of guanidine groups is 1. The van der Waals surface area contributed by atoms with E-state index < -0.39 is 0 Å². The van der Waals surface area contributed by atoms with E-state index in [0.717, 1.165) is 49.9 Å². The predicted octanol–water partition coefficient (Wildman–Crippen LogP) is 3.41. The van der Waals surface area contributed by atoms with E-state index in [-0.39, 0.29) is 5.75 Å². The van der Waals surface area contributed by atoms with Crippen LogP contribution in [0.15, 0.2) is 53.5 Å². The Balaban J connectivity index is 1.54. The molecule has 0 bridgehead atoms. The summed E-state index contributed by atoms with van der Waals surface area (Å²) in [6, 6.07) is 15.5. The molecule has 0 saturated carbocycles. The molecule has 3 rings (SSSR count). The number of hydrogen-bond acceptors (Lipinski definition) is 4. The van der Waals surface area contributed by atoms with Crippen molar-refractivity contribution < 1.29 is 14.6 Å². The number of phenolic OH excluding ortho intramolecular Hbond substituents is 1. The first-order valence-corrected chi connectivity index (χ1v) is 10.2. The standard InChI is InChI=1S/C23H31N3O3/c1-3-24-23(25-14-20-13-21(28-2)9-10-22(20)27)26-12-11-19(15-26)17-29-16-18-7-5-4-6-8-18/h4-10,13,19,27H,3,11-12,14-17H2,1-2H3,(H,24,25). The molecular weight excluding hydrogens is 366 g/mol. The van der Waals surface area contributed by atoms with Gasteiger partial charge in [0, 0.05) is 31.1 Å². The van der Waals surface area contributed by atoms with E-state index in [4.69, 9.17) is 14.5 Å². The fourth-order valence-corrected chi connectivity index (χ4v) is 3.48. The summed E-state index contributed by atoms with van der Waals surface area (Å²) in [5.74, 6) is 2.32. The van der Waals surface area contributed by atoms with Crippen molar-refractivity contribution in [1.29, 1.82) is 0 Å². The van der Waals surface area contributed by atoms with Crippen LogP contribution in [0.25, 0.3) is 0 Å². The minimum atomic E-state index is 0.235. The molecule has 0 radical (unpaired) electrons. The maximum atomic E-state index is 10.1. The van der Waals surface area contributed by atoms with Gasteiger partial charge in [0.25, 0.3) is 0 Å². The van der Waals surface area contributed by atoms with Crippen LogP contribution in [0.5, 0.6) is 11.5 Å². The first kappa shape index (κ1) is 21.0. The number of benzene rings is 2. The second kappa shape index (κ2) is 10.7. The molecule has 1 saturated heterocycles. The summed E-state index contributed by atoms with van der Waals surface area (Å²) in [4.78, 5) is 7.01. The summed E-state index contributed by atoms with van der Waals surface area (Å²) < 4.78 is 11.2. The van der Waals surface area contributed by atoms with Crippen molar-refractivity contribution in [2.45, 2.75) is 26.5 Å². The van der Waals surface area contributed by atoms with Gasteiger partial charge in [-0.2, -0.15) is 0 Å². The van der Waals surface area contributed by atoms with Crippen LogP contribution in [0, 0.1) is 5.92 Å². The molecule has 6 heteroatoms. The molecule has 2 aromatic rings. The summed E-state index contributed by atoms with van der Waals surface area (Å²) >= 11 is 0. The number of nitrogens with zero attached hydrogens (tertiary/aromatic N) is 2. The first-order valence-electron chi connectivity index (χ1n) is 10.2. The Morgan fingerprint density at radius 1 is 1.24 bits per heavy atom. The van der Waals surface area contributed by atoms with Crippen molar-refractivity contribution >= 4 is 5.96 Å². The molecule has 1 atom stereocenters. The molecule has 1 heterocycles. The van der Waals surface area contributed by atoms with Gasteiger partial charge in [-0.25, -0.2) is 4.99 Å². The van der Waals surface area contributed by atoms with Crippen molar-refractivity contribution in [3.8, 4) is 11.5 Å². The highest BCUT2D eigenvalue weighted by Gasteiger charge is 2.25.